The van der Waals surface area contributed by atoms with Crippen molar-refractivity contribution in [1.29, 1.82) is 0 Å². The number of carbonyl (C=O) groups excluding carboxylic acids is 3. The van der Waals surface area contributed by atoms with Gasteiger partial charge in [0.2, 0.25) is 6.41 Å². The van der Waals surface area contributed by atoms with Crippen LogP contribution in [-0.2, 0) is 14.3 Å². The van der Waals surface area contributed by atoms with Crippen molar-refractivity contribution in [3.05, 3.63) is 51.2 Å². The predicted octanol–water partition coefficient (Wildman–Crippen LogP) is 1.65. The molecule has 9 nitrogen and oxygen atoms in total. The van der Waals surface area contributed by atoms with Gasteiger partial charge in [-0.15, -0.1) is 0 Å². The first kappa shape index (κ1) is 17.1. The SMILES string of the molecule is CCOC(=O)C1=C(C)NC(=O)N(C=O)C1c1ccc([N+](=O)[O-])cc1. The van der Waals surface area contributed by atoms with E-state index in [2.05, 4.69) is 5.32 Å². The summed E-state index contributed by atoms with van der Waals surface area (Å²) >= 11 is 0. The molecule has 0 spiro atoms. The molecule has 1 aliphatic heterocycles. The van der Waals surface area contributed by atoms with Gasteiger partial charge in [0.05, 0.1) is 17.1 Å². The summed E-state index contributed by atoms with van der Waals surface area (Å²) < 4.78 is 4.99. The number of benzene rings is 1. The first-order valence-corrected chi connectivity index (χ1v) is 7.07. The molecule has 0 aliphatic carbocycles. The van der Waals surface area contributed by atoms with Gasteiger partial charge >= 0.3 is 12.0 Å². The number of nitrogens with zero attached hydrogens (tertiary/aromatic N) is 2. The molecule has 3 amide bonds. The van der Waals surface area contributed by atoms with Crippen LogP contribution in [0.15, 0.2) is 35.5 Å². The summed E-state index contributed by atoms with van der Waals surface area (Å²) in [7, 11) is 0. The Morgan fingerprint density at radius 2 is 2.04 bits per heavy atom. The highest BCUT2D eigenvalue weighted by molar-refractivity contribution is 5.98. The van der Waals surface area contributed by atoms with Gasteiger partial charge in [-0.2, -0.15) is 0 Å². The maximum atomic E-state index is 12.3. The number of hydrogen-bond acceptors (Lipinski definition) is 6. The average molecular weight is 333 g/mol. The highest BCUT2D eigenvalue weighted by Crippen LogP contribution is 2.34. The lowest BCUT2D eigenvalue weighted by Gasteiger charge is -2.33. The van der Waals surface area contributed by atoms with Crippen molar-refractivity contribution in [1.82, 2.24) is 10.2 Å². The number of ether oxygens (including phenoxy) is 1. The third kappa shape index (κ3) is 3.09. The van der Waals surface area contributed by atoms with Gasteiger partial charge in [-0.3, -0.25) is 19.8 Å². The molecule has 1 aromatic carbocycles. The van der Waals surface area contributed by atoms with Crippen LogP contribution in [-0.4, -0.2) is 34.8 Å². The molecule has 1 aromatic rings. The zero-order valence-corrected chi connectivity index (χ0v) is 13.0. The van der Waals surface area contributed by atoms with Gasteiger partial charge in [-0.25, -0.2) is 9.59 Å². The highest BCUT2D eigenvalue weighted by atomic mass is 16.6. The molecule has 0 radical (unpaired) electrons. The van der Waals surface area contributed by atoms with E-state index in [1.54, 1.807) is 6.92 Å². The van der Waals surface area contributed by atoms with Gasteiger partial charge < -0.3 is 10.1 Å². The van der Waals surface area contributed by atoms with Crippen molar-refractivity contribution in [3.8, 4) is 0 Å². The normalized spacial score (nSPS) is 17.3. The van der Waals surface area contributed by atoms with Crippen molar-refractivity contribution < 1.29 is 24.0 Å². The van der Waals surface area contributed by atoms with Gasteiger partial charge in [0.1, 0.15) is 6.04 Å². The van der Waals surface area contributed by atoms with Crippen molar-refractivity contribution in [3.63, 3.8) is 0 Å². The fraction of sp³-hybridized carbons (Fsp3) is 0.267. The number of urea groups is 1. The van der Waals surface area contributed by atoms with Crippen LogP contribution < -0.4 is 5.32 Å². The minimum absolute atomic E-state index is 0.0948. The number of amides is 3. The van der Waals surface area contributed by atoms with E-state index in [0.717, 1.165) is 4.90 Å². The summed E-state index contributed by atoms with van der Waals surface area (Å²) in [6.07, 6.45) is 0.299. The number of nitro benzene ring substituents is 1. The number of nitro groups is 1. The summed E-state index contributed by atoms with van der Waals surface area (Å²) in [4.78, 5) is 46.6. The molecule has 0 bridgehead atoms. The molecule has 1 heterocycles. The molecule has 1 N–H and O–H groups in total. The molecule has 0 aromatic heterocycles. The Hall–Kier alpha value is -3.23. The van der Waals surface area contributed by atoms with E-state index in [1.807, 2.05) is 0 Å². The standard InChI is InChI=1S/C15H15N3O6/c1-3-24-14(20)12-9(2)16-15(21)17(8-19)13(12)10-4-6-11(7-5-10)18(22)23/h4-8,13H,3H2,1-2H3,(H,16,21). The van der Waals surface area contributed by atoms with Crippen LogP contribution in [0.2, 0.25) is 0 Å². The second-order valence-electron chi connectivity index (χ2n) is 4.95. The fourth-order valence-electron chi connectivity index (χ4n) is 2.44. The topological polar surface area (TPSA) is 119 Å². The quantitative estimate of drug-likeness (QED) is 0.379. The van der Waals surface area contributed by atoms with E-state index in [0.29, 0.717) is 12.0 Å². The second kappa shape index (κ2) is 6.90. The second-order valence-corrected chi connectivity index (χ2v) is 4.95. The van der Waals surface area contributed by atoms with E-state index < -0.39 is 23.0 Å². The number of carbonyl (C=O) groups is 3. The zero-order chi connectivity index (χ0) is 17.9. The Morgan fingerprint density at radius 3 is 2.54 bits per heavy atom. The van der Waals surface area contributed by atoms with Crippen LogP contribution >= 0.6 is 0 Å². The van der Waals surface area contributed by atoms with Crippen molar-refractivity contribution >= 4 is 24.1 Å². The van der Waals surface area contributed by atoms with E-state index in [9.17, 15) is 24.5 Å². The predicted molar refractivity (Wildman–Crippen MR) is 81.6 cm³/mol. The lowest BCUT2D eigenvalue weighted by Crippen LogP contribution is -2.47. The summed E-state index contributed by atoms with van der Waals surface area (Å²) in [6.45, 7) is 3.27. The Bertz CT molecular complexity index is 725. The largest absolute Gasteiger partial charge is 0.463 e. The maximum absolute atomic E-state index is 12.3. The van der Waals surface area contributed by atoms with Crippen LogP contribution in [0.25, 0.3) is 0 Å². The number of allylic oxidation sites excluding steroid dienone is 1. The molecule has 1 atom stereocenters. The van der Waals surface area contributed by atoms with Crippen molar-refractivity contribution in [2.24, 2.45) is 0 Å². The van der Waals surface area contributed by atoms with Crippen LogP contribution in [0.4, 0.5) is 10.5 Å². The minimum atomic E-state index is -1.02. The smallest absolute Gasteiger partial charge is 0.338 e. The molecule has 1 aliphatic rings. The zero-order valence-electron chi connectivity index (χ0n) is 13.0. The van der Waals surface area contributed by atoms with Crippen LogP contribution in [0.1, 0.15) is 25.5 Å². The Balaban J connectivity index is 2.55. The molecular formula is C15H15N3O6. The third-order valence-electron chi connectivity index (χ3n) is 3.51. The third-order valence-corrected chi connectivity index (χ3v) is 3.51. The Kier molecular flexibility index (Phi) is 4.93. The van der Waals surface area contributed by atoms with Crippen LogP contribution in [0.5, 0.6) is 0 Å². The van der Waals surface area contributed by atoms with Gasteiger partial charge in [-0.1, -0.05) is 0 Å². The number of rotatable bonds is 5. The monoisotopic (exact) mass is 333 g/mol. The first-order chi connectivity index (χ1) is 11.4. The number of nitrogens with one attached hydrogen (secondary N) is 1. The summed E-state index contributed by atoms with van der Waals surface area (Å²) in [5.41, 5.74) is 0.595. The average Bonchev–Trinajstić information content (AvgIpc) is 2.54. The van der Waals surface area contributed by atoms with E-state index in [1.165, 1.54) is 31.2 Å². The van der Waals surface area contributed by atoms with Crippen molar-refractivity contribution in [2.75, 3.05) is 6.61 Å². The lowest BCUT2D eigenvalue weighted by molar-refractivity contribution is -0.384. The number of esters is 1. The summed E-state index contributed by atoms with van der Waals surface area (Å²) in [6, 6.07) is 3.55. The van der Waals surface area contributed by atoms with Crippen LogP contribution in [0, 0.1) is 10.1 Å². The van der Waals surface area contributed by atoms with E-state index in [4.69, 9.17) is 4.74 Å². The Morgan fingerprint density at radius 1 is 1.42 bits per heavy atom. The fourth-order valence-corrected chi connectivity index (χ4v) is 2.44. The molecule has 0 saturated heterocycles. The summed E-state index contributed by atoms with van der Waals surface area (Å²) in [5, 5.41) is 13.2. The molecule has 1 unspecified atom stereocenters. The number of hydrogen-bond donors (Lipinski definition) is 1. The summed E-state index contributed by atoms with van der Waals surface area (Å²) in [5.74, 6) is -0.676. The maximum Gasteiger partial charge on any atom is 0.338 e. The molecule has 9 heteroatoms. The Labute approximate surface area is 137 Å². The lowest BCUT2D eigenvalue weighted by atomic mass is 9.94. The molecule has 126 valence electrons. The molecule has 24 heavy (non-hydrogen) atoms. The van der Waals surface area contributed by atoms with Gasteiger partial charge in [0, 0.05) is 17.8 Å². The molecular weight excluding hydrogens is 318 g/mol. The van der Waals surface area contributed by atoms with Gasteiger partial charge in [-0.05, 0) is 31.5 Å². The van der Waals surface area contributed by atoms with Gasteiger partial charge in [0.25, 0.3) is 5.69 Å². The number of non-ortho nitro benzene ring substituents is 1. The molecule has 2 rings (SSSR count). The highest BCUT2D eigenvalue weighted by Gasteiger charge is 2.38. The van der Waals surface area contributed by atoms with Crippen molar-refractivity contribution in [2.45, 2.75) is 19.9 Å². The minimum Gasteiger partial charge on any atom is -0.463 e. The molecule has 0 fully saturated rings. The van der Waals surface area contributed by atoms with Gasteiger partial charge in [0.15, 0.2) is 0 Å². The van der Waals surface area contributed by atoms with E-state index >= 15 is 0 Å². The molecule has 0 saturated carbocycles. The first-order valence-electron chi connectivity index (χ1n) is 7.07. The van der Waals surface area contributed by atoms with Crippen LogP contribution in [0.3, 0.4) is 0 Å². The number of imide groups is 1. The van der Waals surface area contributed by atoms with E-state index in [-0.39, 0.29) is 23.6 Å².